The van der Waals surface area contributed by atoms with E-state index in [1.807, 2.05) is 0 Å². The van der Waals surface area contributed by atoms with E-state index in [2.05, 4.69) is 15.9 Å². The number of rotatable bonds is 1. The SMILES string of the molecule is Cc1cc(C(N)=O)cc(Br)c1F. The molecule has 1 amide bonds. The molecule has 0 unspecified atom stereocenters. The van der Waals surface area contributed by atoms with Crippen LogP contribution in [0.5, 0.6) is 0 Å². The van der Waals surface area contributed by atoms with Crippen LogP contribution in [0, 0.1) is 12.7 Å². The van der Waals surface area contributed by atoms with Gasteiger partial charge in [-0.1, -0.05) is 0 Å². The summed E-state index contributed by atoms with van der Waals surface area (Å²) in [6.07, 6.45) is 0. The van der Waals surface area contributed by atoms with E-state index in [0.717, 1.165) is 0 Å². The zero-order chi connectivity index (χ0) is 9.30. The summed E-state index contributed by atoms with van der Waals surface area (Å²) in [6.45, 7) is 1.58. The Bertz CT molecular complexity index is 315. The molecule has 12 heavy (non-hydrogen) atoms. The molecule has 0 atom stereocenters. The summed E-state index contributed by atoms with van der Waals surface area (Å²) in [5, 5.41) is 0. The molecule has 1 aromatic rings. The molecule has 0 spiro atoms. The highest BCUT2D eigenvalue weighted by Crippen LogP contribution is 2.20. The molecule has 0 fully saturated rings. The van der Waals surface area contributed by atoms with Crippen LogP contribution < -0.4 is 5.73 Å². The molecule has 0 aromatic heterocycles. The van der Waals surface area contributed by atoms with Crippen molar-refractivity contribution in [3.63, 3.8) is 0 Å². The van der Waals surface area contributed by atoms with Crippen LogP contribution >= 0.6 is 15.9 Å². The van der Waals surface area contributed by atoms with E-state index in [0.29, 0.717) is 11.1 Å². The zero-order valence-corrected chi connectivity index (χ0v) is 7.98. The summed E-state index contributed by atoms with van der Waals surface area (Å²) in [4.78, 5) is 10.7. The van der Waals surface area contributed by atoms with Crippen LogP contribution in [0.3, 0.4) is 0 Å². The maximum absolute atomic E-state index is 13.0. The van der Waals surface area contributed by atoms with Gasteiger partial charge in [-0.3, -0.25) is 4.79 Å². The average Bonchev–Trinajstić information content (AvgIpc) is 1.99. The minimum absolute atomic E-state index is 0.260. The van der Waals surface area contributed by atoms with Crippen molar-refractivity contribution < 1.29 is 9.18 Å². The molecule has 0 saturated carbocycles. The highest BCUT2D eigenvalue weighted by Gasteiger charge is 2.07. The summed E-state index contributed by atoms with van der Waals surface area (Å²) in [5.74, 6) is -0.918. The first-order chi connectivity index (χ1) is 5.52. The number of halogens is 2. The molecule has 0 bridgehead atoms. The maximum atomic E-state index is 13.0. The molecule has 0 aliphatic rings. The van der Waals surface area contributed by atoms with Gasteiger partial charge in [-0.15, -0.1) is 0 Å². The van der Waals surface area contributed by atoms with Gasteiger partial charge in [0.05, 0.1) is 4.47 Å². The lowest BCUT2D eigenvalue weighted by Crippen LogP contribution is -2.11. The van der Waals surface area contributed by atoms with Gasteiger partial charge in [0.2, 0.25) is 5.91 Å². The van der Waals surface area contributed by atoms with Gasteiger partial charge in [-0.25, -0.2) is 4.39 Å². The van der Waals surface area contributed by atoms with E-state index < -0.39 is 5.91 Å². The van der Waals surface area contributed by atoms with Gasteiger partial charge in [0, 0.05) is 5.56 Å². The first-order valence-electron chi connectivity index (χ1n) is 3.28. The van der Waals surface area contributed by atoms with Crippen molar-refractivity contribution in [3.8, 4) is 0 Å². The second-order valence-corrected chi connectivity index (χ2v) is 3.31. The Labute approximate surface area is 77.7 Å². The van der Waals surface area contributed by atoms with Gasteiger partial charge in [0.15, 0.2) is 0 Å². The van der Waals surface area contributed by atoms with Gasteiger partial charge in [0.1, 0.15) is 5.82 Å². The summed E-state index contributed by atoms with van der Waals surface area (Å²) in [5.41, 5.74) is 5.73. The third kappa shape index (κ3) is 1.64. The topological polar surface area (TPSA) is 43.1 Å². The molecule has 0 radical (unpaired) electrons. The molecule has 0 aliphatic heterocycles. The molecule has 0 aliphatic carbocycles. The number of hydrogen-bond acceptors (Lipinski definition) is 1. The lowest BCUT2D eigenvalue weighted by Gasteiger charge is -2.01. The highest BCUT2D eigenvalue weighted by molar-refractivity contribution is 9.10. The van der Waals surface area contributed by atoms with E-state index in [1.54, 1.807) is 6.92 Å². The molecule has 0 saturated heterocycles. The lowest BCUT2D eigenvalue weighted by molar-refractivity contribution is 0.1000. The molecule has 64 valence electrons. The number of carbonyl (C=O) groups excluding carboxylic acids is 1. The van der Waals surface area contributed by atoms with Crippen LogP contribution in [0.1, 0.15) is 15.9 Å². The molecule has 4 heteroatoms. The minimum atomic E-state index is -0.557. The van der Waals surface area contributed by atoms with Crippen molar-refractivity contribution in [2.45, 2.75) is 6.92 Å². The lowest BCUT2D eigenvalue weighted by atomic mass is 10.1. The first-order valence-corrected chi connectivity index (χ1v) is 4.07. The Kier molecular flexibility index (Phi) is 2.47. The molecule has 0 heterocycles. The van der Waals surface area contributed by atoms with Gasteiger partial charge in [-0.2, -0.15) is 0 Å². The molecule has 1 aromatic carbocycles. The Morgan fingerprint density at radius 1 is 1.58 bits per heavy atom. The number of benzene rings is 1. The van der Waals surface area contributed by atoms with Crippen LogP contribution in [-0.2, 0) is 0 Å². The summed E-state index contributed by atoms with van der Waals surface area (Å²) in [7, 11) is 0. The fourth-order valence-corrected chi connectivity index (χ4v) is 1.43. The molecule has 2 nitrogen and oxygen atoms in total. The van der Waals surface area contributed by atoms with E-state index in [1.165, 1.54) is 12.1 Å². The van der Waals surface area contributed by atoms with Crippen LogP contribution in [-0.4, -0.2) is 5.91 Å². The smallest absolute Gasteiger partial charge is 0.248 e. The Morgan fingerprint density at radius 3 is 2.58 bits per heavy atom. The van der Waals surface area contributed by atoms with Crippen molar-refractivity contribution >= 4 is 21.8 Å². The Balaban J connectivity index is 3.31. The summed E-state index contributed by atoms with van der Waals surface area (Å²) < 4.78 is 13.2. The fraction of sp³-hybridized carbons (Fsp3) is 0.125. The zero-order valence-electron chi connectivity index (χ0n) is 6.40. The largest absolute Gasteiger partial charge is 0.366 e. The van der Waals surface area contributed by atoms with Gasteiger partial charge in [0.25, 0.3) is 0 Å². The second kappa shape index (κ2) is 3.23. The van der Waals surface area contributed by atoms with E-state index in [9.17, 15) is 9.18 Å². The predicted octanol–water partition coefficient (Wildman–Crippen LogP) is 2.00. The van der Waals surface area contributed by atoms with Crippen molar-refractivity contribution in [1.29, 1.82) is 0 Å². The minimum Gasteiger partial charge on any atom is -0.366 e. The molecular formula is C8H7BrFNO. The number of primary amides is 1. The third-order valence-corrected chi connectivity index (χ3v) is 2.07. The van der Waals surface area contributed by atoms with Crippen LogP contribution in [0.2, 0.25) is 0 Å². The number of nitrogens with two attached hydrogens (primary N) is 1. The quantitative estimate of drug-likeness (QED) is 0.790. The van der Waals surface area contributed by atoms with Crippen LogP contribution in [0.4, 0.5) is 4.39 Å². The number of hydrogen-bond donors (Lipinski definition) is 1. The van der Waals surface area contributed by atoms with Crippen molar-refractivity contribution in [3.05, 3.63) is 33.5 Å². The van der Waals surface area contributed by atoms with E-state index in [4.69, 9.17) is 5.73 Å². The molecular weight excluding hydrogens is 225 g/mol. The Morgan fingerprint density at radius 2 is 2.17 bits per heavy atom. The average molecular weight is 232 g/mol. The summed E-state index contributed by atoms with van der Waals surface area (Å²) >= 11 is 2.98. The predicted molar refractivity (Wildman–Crippen MR) is 47.4 cm³/mol. The van der Waals surface area contributed by atoms with E-state index in [-0.39, 0.29) is 10.3 Å². The van der Waals surface area contributed by atoms with E-state index >= 15 is 0 Å². The molecule has 2 N–H and O–H groups in total. The van der Waals surface area contributed by atoms with Crippen LogP contribution in [0.15, 0.2) is 16.6 Å². The van der Waals surface area contributed by atoms with Gasteiger partial charge < -0.3 is 5.73 Å². The second-order valence-electron chi connectivity index (χ2n) is 2.45. The normalized spacial score (nSPS) is 9.92. The number of amides is 1. The Hall–Kier alpha value is -0.900. The van der Waals surface area contributed by atoms with Crippen molar-refractivity contribution in [2.24, 2.45) is 5.73 Å². The van der Waals surface area contributed by atoms with Crippen molar-refractivity contribution in [1.82, 2.24) is 0 Å². The highest BCUT2D eigenvalue weighted by atomic mass is 79.9. The number of aryl methyl sites for hydroxylation is 1. The standard InChI is InChI=1S/C8H7BrFNO/c1-4-2-5(8(11)12)3-6(9)7(4)10/h2-3H,1H3,(H2,11,12). The van der Waals surface area contributed by atoms with Gasteiger partial charge >= 0.3 is 0 Å². The molecule has 1 rings (SSSR count). The summed E-state index contributed by atoms with van der Waals surface area (Å²) in [6, 6.07) is 2.78. The van der Waals surface area contributed by atoms with Gasteiger partial charge in [-0.05, 0) is 40.5 Å². The third-order valence-electron chi connectivity index (χ3n) is 1.49. The maximum Gasteiger partial charge on any atom is 0.248 e. The first kappa shape index (κ1) is 9.19. The van der Waals surface area contributed by atoms with Crippen LogP contribution in [0.25, 0.3) is 0 Å². The fourth-order valence-electron chi connectivity index (χ4n) is 0.869. The number of carbonyl (C=O) groups is 1. The van der Waals surface area contributed by atoms with Crippen molar-refractivity contribution in [2.75, 3.05) is 0 Å². The monoisotopic (exact) mass is 231 g/mol.